The fourth-order valence-corrected chi connectivity index (χ4v) is 3.49. The van der Waals surface area contributed by atoms with Crippen LogP contribution in [0.25, 0.3) is 0 Å². The zero-order chi connectivity index (χ0) is 15.2. The number of hydrogen-bond donors (Lipinski definition) is 0. The molecule has 21 heavy (non-hydrogen) atoms. The molecular formula is C17H16ClNOS. The molecule has 0 bridgehead atoms. The van der Waals surface area contributed by atoms with Crippen molar-refractivity contribution >= 4 is 40.6 Å². The molecule has 2 aromatic carbocycles. The van der Waals surface area contributed by atoms with E-state index in [-0.39, 0.29) is 5.91 Å². The predicted molar refractivity (Wildman–Crippen MR) is 88.6 cm³/mol. The molecule has 0 radical (unpaired) electrons. The lowest BCUT2D eigenvalue weighted by molar-refractivity contribution is -0.125. The molecule has 108 valence electrons. The van der Waals surface area contributed by atoms with E-state index in [1.807, 2.05) is 63.2 Å². The lowest BCUT2D eigenvalue weighted by Gasteiger charge is -2.35. The van der Waals surface area contributed by atoms with Crippen LogP contribution in [0.2, 0.25) is 5.02 Å². The number of hydrogen-bond acceptors (Lipinski definition) is 2. The highest BCUT2D eigenvalue weighted by atomic mass is 35.5. The van der Waals surface area contributed by atoms with Crippen molar-refractivity contribution in [1.29, 1.82) is 0 Å². The molecule has 4 heteroatoms. The summed E-state index contributed by atoms with van der Waals surface area (Å²) in [7, 11) is 0. The molecule has 0 aromatic heterocycles. The van der Waals surface area contributed by atoms with Crippen molar-refractivity contribution < 1.29 is 4.79 Å². The first-order valence-corrected chi connectivity index (χ1v) is 7.98. The predicted octanol–water partition coefficient (Wildman–Crippen LogP) is 5.52. The minimum Gasteiger partial charge on any atom is -0.278 e. The molecule has 1 aliphatic rings. The summed E-state index contributed by atoms with van der Waals surface area (Å²) in [6.07, 6.45) is 0. The van der Waals surface area contributed by atoms with Gasteiger partial charge in [0, 0.05) is 20.2 Å². The summed E-state index contributed by atoms with van der Waals surface area (Å²) in [6, 6.07) is 13.7. The number of rotatable bonds is 0. The quantitative estimate of drug-likeness (QED) is 0.638. The molecule has 2 nitrogen and oxygen atoms in total. The van der Waals surface area contributed by atoms with E-state index >= 15 is 0 Å². The van der Waals surface area contributed by atoms with Gasteiger partial charge in [-0.05, 0) is 30.3 Å². The van der Waals surface area contributed by atoms with Gasteiger partial charge < -0.3 is 0 Å². The largest absolute Gasteiger partial charge is 0.278 e. The fourth-order valence-electron chi connectivity index (χ4n) is 2.28. The molecule has 0 spiro atoms. The second-order valence-electron chi connectivity index (χ2n) is 6.07. The third kappa shape index (κ3) is 2.56. The molecule has 0 saturated carbocycles. The van der Waals surface area contributed by atoms with E-state index in [2.05, 4.69) is 0 Å². The topological polar surface area (TPSA) is 20.3 Å². The van der Waals surface area contributed by atoms with Crippen molar-refractivity contribution in [1.82, 2.24) is 0 Å². The minimum atomic E-state index is -0.464. The lowest BCUT2D eigenvalue weighted by Crippen LogP contribution is -2.37. The van der Waals surface area contributed by atoms with Crippen molar-refractivity contribution in [3.8, 4) is 0 Å². The van der Waals surface area contributed by atoms with Crippen LogP contribution in [0.3, 0.4) is 0 Å². The van der Waals surface area contributed by atoms with Crippen LogP contribution in [0.5, 0.6) is 0 Å². The molecule has 0 aliphatic carbocycles. The summed E-state index contributed by atoms with van der Waals surface area (Å²) in [4.78, 5) is 16.9. The molecule has 0 saturated heterocycles. The van der Waals surface area contributed by atoms with E-state index in [1.165, 1.54) is 0 Å². The van der Waals surface area contributed by atoms with Gasteiger partial charge >= 0.3 is 0 Å². The Bertz CT molecular complexity index is 721. The minimum absolute atomic E-state index is 0.0683. The molecular weight excluding hydrogens is 302 g/mol. The lowest BCUT2D eigenvalue weighted by atomic mass is 9.94. The van der Waals surface area contributed by atoms with Gasteiger partial charge in [-0.25, -0.2) is 0 Å². The molecule has 3 rings (SSSR count). The number of benzene rings is 2. The zero-order valence-corrected chi connectivity index (χ0v) is 13.8. The van der Waals surface area contributed by atoms with Gasteiger partial charge in [0.1, 0.15) is 0 Å². The maximum Gasteiger partial charge on any atom is 0.236 e. The van der Waals surface area contributed by atoms with Crippen LogP contribution in [-0.4, -0.2) is 5.91 Å². The van der Waals surface area contributed by atoms with E-state index < -0.39 is 5.41 Å². The summed E-state index contributed by atoms with van der Waals surface area (Å²) >= 11 is 7.81. The summed E-state index contributed by atoms with van der Waals surface area (Å²) in [6.45, 7) is 5.80. The first kappa shape index (κ1) is 14.5. The highest BCUT2D eigenvalue weighted by molar-refractivity contribution is 7.99. The second-order valence-corrected chi connectivity index (χ2v) is 7.59. The third-order valence-corrected chi connectivity index (χ3v) is 4.70. The van der Waals surface area contributed by atoms with E-state index in [9.17, 15) is 4.79 Å². The van der Waals surface area contributed by atoms with Crippen LogP contribution >= 0.6 is 23.4 Å². The number of carbonyl (C=O) groups excluding carboxylic acids is 1. The van der Waals surface area contributed by atoms with Crippen LogP contribution < -0.4 is 4.90 Å². The Kier molecular flexibility index (Phi) is 3.50. The van der Waals surface area contributed by atoms with Crippen molar-refractivity contribution in [2.75, 3.05) is 4.90 Å². The van der Waals surface area contributed by atoms with Gasteiger partial charge in [-0.3, -0.25) is 9.69 Å². The van der Waals surface area contributed by atoms with Crippen molar-refractivity contribution in [2.24, 2.45) is 5.41 Å². The third-order valence-electron chi connectivity index (χ3n) is 3.33. The van der Waals surface area contributed by atoms with Crippen LogP contribution in [-0.2, 0) is 4.79 Å². The van der Waals surface area contributed by atoms with Crippen LogP contribution in [0, 0.1) is 5.41 Å². The second kappa shape index (κ2) is 5.08. The molecule has 1 amide bonds. The Labute approximate surface area is 134 Å². The molecule has 0 unspecified atom stereocenters. The Hall–Kier alpha value is -1.45. The standard InChI is InChI=1S/C17H16ClNOS/c1-17(2,3)16(20)19-12-6-4-5-7-14(12)21-15-9-8-11(18)10-13(15)19/h4-10H,1-3H3. The fraction of sp³-hybridized carbons (Fsp3) is 0.235. The number of anilines is 2. The number of carbonyl (C=O) groups is 1. The first-order chi connectivity index (χ1) is 9.88. The molecule has 1 aliphatic heterocycles. The molecule has 0 fully saturated rings. The van der Waals surface area contributed by atoms with Crippen LogP contribution in [0.15, 0.2) is 52.3 Å². The molecule has 1 heterocycles. The highest BCUT2D eigenvalue weighted by Gasteiger charge is 2.34. The Morgan fingerprint density at radius 2 is 1.71 bits per heavy atom. The van der Waals surface area contributed by atoms with Gasteiger partial charge in [-0.1, -0.05) is 56.3 Å². The van der Waals surface area contributed by atoms with E-state index in [0.29, 0.717) is 5.02 Å². The zero-order valence-electron chi connectivity index (χ0n) is 12.2. The summed E-state index contributed by atoms with van der Waals surface area (Å²) in [5.41, 5.74) is 1.33. The van der Waals surface area contributed by atoms with E-state index in [1.54, 1.807) is 16.7 Å². The summed E-state index contributed by atoms with van der Waals surface area (Å²) in [5.74, 6) is 0.0683. The SMILES string of the molecule is CC(C)(C)C(=O)N1c2ccccc2Sc2ccc(Cl)cc21. The van der Waals surface area contributed by atoms with Crippen LogP contribution in [0.4, 0.5) is 11.4 Å². The number of halogens is 1. The molecule has 0 N–H and O–H groups in total. The average molecular weight is 318 g/mol. The Balaban J connectivity index is 2.22. The number of fused-ring (bicyclic) bond motifs is 2. The molecule has 2 aromatic rings. The Morgan fingerprint density at radius 1 is 1.05 bits per heavy atom. The first-order valence-electron chi connectivity index (χ1n) is 6.79. The van der Waals surface area contributed by atoms with Gasteiger partial charge in [-0.2, -0.15) is 0 Å². The molecule has 0 atom stereocenters. The van der Waals surface area contributed by atoms with Crippen molar-refractivity contribution in [3.63, 3.8) is 0 Å². The summed E-state index contributed by atoms with van der Waals surface area (Å²) in [5, 5.41) is 0.639. The van der Waals surface area contributed by atoms with Gasteiger partial charge in [0.25, 0.3) is 0 Å². The number of nitrogens with zero attached hydrogens (tertiary/aromatic N) is 1. The van der Waals surface area contributed by atoms with Gasteiger partial charge in [0.15, 0.2) is 0 Å². The van der Waals surface area contributed by atoms with Crippen molar-refractivity contribution in [3.05, 3.63) is 47.5 Å². The highest BCUT2D eigenvalue weighted by Crippen LogP contribution is 2.49. The monoisotopic (exact) mass is 317 g/mol. The Morgan fingerprint density at radius 3 is 2.43 bits per heavy atom. The van der Waals surface area contributed by atoms with E-state index in [4.69, 9.17) is 11.6 Å². The maximum atomic E-state index is 12.9. The normalized spacial score (nSPS) is 13.6. The van der Waals surface area contributed by atoms with E-state index in [0.717, 1.165) is 21.2 Å². The summed E-state index contributed by atoms with van der Waals surface area (Å²) < 4.78 is 0. The van der Waals surface area contributed by atoms with Gasteiger partial charge in [-0.15, -0.1) is 0 Å². The van der Waals surface area contributed by atoms with Gasteiger partial charge in [0.2, 0.25) is 5.91 Å². The average Bonchev–Trinajstić information content (AvgIpc) is 2.43. The number of para-hydroxylation sites is 1. The smallest absolute Gasteiger partial charge is 0.236 e. The number of amides is 1. The van der Waals surface area contributed by atoms with Crippen LogP contribution in [0.1, 0.15) is 20.8 Å². The van der Waals surface area contributed by atoms with Gasteiger partial charge in [0.05, 0.1) is 11.4 Å². The maximum absolute atomic E-state index is 12.9. The van der Waals surface area contributed by atoms with Crippen molar-refractivity contribution in [2.45, 2.75) is 30.6 Å².